The van der Waals surface area contributed by atoms with Crippen LogP contribution in [0.15, 0.2) is 29.3 Å². The summed E-state index contributed by atoms with van der Waals surface area (Å²) in [5, 5.41) is 0.768. The zero-order valence-electron chi connectivity index (χ0n) is 13.9. The lowest BCUT2D eigenvalue weighted by atomic mass is 9.91. The minimum atomic E-state index is -0.426. The van der Waals surface area contributed by atoms with Crippen LogP contribution in [0.3, 0.4) is 0 Å². The molecule has 0 aliphatic carbocycles. The van der Waals surface area contributed by atoms with E-state index in [2.05, 4.69) is 32.0 Å². The molecule has 0 saturated carbocycles. The van der Waals surface area contributed by atoms with Crippen molar-refractivity contribution in [2.45, 2.75) is 41.2 Å². The highest BCUT2D eigenvalue weighted by atomic mass is 32.2. The smallest absolute Gasteiger partial charge is 0.238 e. The maximum atomic E-state index is 12.2. The summed E-state index contributed by atoms with van der Waals surface area (Å²) in [6, 6.07) is 6.29. The Morgan fingerprint density at radius 1 is 1.23 bits per heavy atom. The highest BCUT2D eigenvalue weighted by molar-refractivity contribution is 8.04. The normalized spacial score (nSPS) is 17.4. The number of carbonyl (C=O) groups is 2. The molecule has 1 heterocycles. The van der Waals surface area contributed by atoms with Gasteiger partial charge in [-0.05, 0) is 19.4 Å². The van der Waals surface area contributed by atoms with Crippen molar-refractivity contribution in [3.05, 3.63) is 46.0 Å². The van der Waals surface area contributed by atoms with Crippen LogP contribution >= 0.6 is 11.8 Å². The molecule has 0 radical (unpaired) electrons. The zero-order chi connectivity index (χ0) is 16.5. The zero-order valence-corrected chi connectivity index (χ0v) is 14.7. The van der Waals surface area contributed by atoms with Gasteiger partial charge in [0.25, 0.3) is 0 Å². The summed E-state index contributed by atoms with van der Waals surface area (Å²) in [5.41, 5.74) is 3.05. The van der Waals surface area contributed by atoms with E-state index in [1.165, 1.54) is 22.9 Å². The Bertz CT molecular complexity index is 621. The maximum absolute atomic E-state index is 12.2. The van der Waals surface area contributed by atoms with Crippen molar-refractivity contribution in [3.8, 4) is 0 Å². The minimum absolute atomic E-state index is 0.0510. The van der Waals surface area contributed by atoms with Gasteiger partial charge in [0.2, 0.25) is 5.91 Å². The molecule has 0 aromatic heterocycles. The number of amides is 1. The van der Waals surface area contributed by atoms with Crippen molar-refractivity contribution in [1.29, 1.82) is 0 Å². The average molecular weight is 317 g/mol. The third-order valence-electron chi connectivity index (χ3n) is 3.53. The van der Waals surface area contributed by atoms with Crippen LogP contribution in [0.2, 0.25) is 0 Å². The molecule has 1 amide bonds. The molecule has 1 saturated heterocycles. The summed E-state index contributed by atoms with van der Waals surface area (Å²) in [6.07, 6.45) is 1.62. The SMILES string of the molecule is Cc1cc(C)cc(CN2C(=O)CS/C2=C\C(=O)C(C)(C)C)c1. The summed E-state index contributed by atoms with van der Waals surface area (Å²) in [6.45, 7) is 10.3. The number of nitrogens with zero attached hydrogens (tertiary/aromatic N) is 1. The van der Waals surface area contributed by atoms with Gasteiger partial charge in [-0.25, -0.2) is 0 Å². The number of hydrogen-bond donors (Lipinski definition) is 0. The molecule has 0 bridgehead atoms. The third-order valence-corrected chi connectivity index (χ3v) is 4.55. The van der Waals surface area contributed by atoms with Gasteiger partial charge in [-0.1, -0.05) is 61.9 Å². The molecule has 0 unspecified atom stereocenters. The number of ketones is 1. The molecule has 1 aliphatic heterocycles. The van der Waals surface area contributed by atoms with Crippen LogP contribution < -0.4 is 0 Å². The largest absolute Gasteiger partial charge is 0.301 e. The van der Waals surface area contributed by atoms with Crippen molar-refractivity contribution in [3.63, 3.8) is 0 Å². The first-order chi connectivity index (χ1) is 10.2. The number of thioether (sulfide) groups is 1. The Morgan fingerprint density at radius 2 is 1.82 bits per heavy atom. The molecule has 1 aromatic carbocycles. The summed E-state index contributed by atoms with van der Waals surface area (Å²) in [4.78, 5) is 26.1. The molecule has 3 nitrogen and oxygen atoms in total. The molecule has 4 heteroatoms. The fraction of sp³-hybridized carbons (Fsp3) is 0.444. The van der Waals surface area contributed by atoms with E-state index >= 15 is 0 Å². The van der Waals surface area contributed by atoms with Crippen LogP contribution in [0.25, 0.3) is 0 Å². The van der Waals surface area contributed by atoms with Crippen LogP contribution in [0.5, 0.6) is 0 Å². The molecule has 0 N–H and O–H groups in total. The quantitative estimate of drug-likeness (QED) is 0.795. The Morgan fingerprint density at radius 3 is 2.36 bits per heavy atom. The molecular weight excluding hydrogens is 294 g/mol. The molecule has 118 valence electrons. The molecule has 0 atom stereocenters. The fourth-order valence-corrected chi connectivity index (χ4v) is 3.31. The second-order valence-corrected chi connectivity index (χ2v) is 7.86. The van der Waals surface area contributed by atoms with Gasteiger partial charge in [0.05, 0.1) is 17.3 Å². The van der Waals surface area contributed by atoms with Crippen LogP contribution in [0, 0.1) is 19.3 Å². The van der Waals surface area contributed by atoms with E-state index in [4.69, 9.17) is 0 Å². The van der Waals surface area contributed by atoms with E-state index in [9.17, 15) is 9.59 Å². The monoisotopic (exact) mass is 317 g/mol. The highest BCUT2D eigenvalue weighted by Gasteiger charge is 2.29. The first-order valence-corrected chi connectivity index (χ1v) is 8.42. The summed E-state index contributed by atoms with van der Waals surface area (Å²) < 4.78 is 0. The van der Waals surface area contributed by atoms with Crippen molar-refractivity contribution in [2.24, 2.45) is 5.41 Å². The van der Waals surface area contributed by atoms with Crippen LogP contribution in [-0.4, -0.2) is 22.3 Å². The second-order valence-electron chi connectivity index (χ2n) is 6.86. The number of aryl methyl sites for hydroxylation is 2. The fourth-order valence-electron chi connectivity index (χ4n) is 2.37. The Labute approximate surface area is 136 Å². The van der Waals surface area contributed by atoms with Crippen LogP contribution in [-0.2, 0) is 16.1 Å². The van der Waals surface area contributed by atoms with E-state index < -0.39 is 5.41 Å². The topological polar surface area (TPSA) is 37.4 Å². The molecule has 22 heavy (non-hydrogen) atoms. The van der Waals surface area contributed by atoms with Crippen molar-refractivity contribution in [1.82, 2.24) is 4.90 Å². The van der Waals surface area contributed by atoms with Gasteiger partial charge in [0, 0.05) is 11.5 Å². The average Bonchev–Trinajstić information content (AvgIpc) is 2.69. The lowest BCUT2D eigenvalue weighted by molar-refractivity contribution is -0.125. The van der Waals surface area contributed by atoms with Gasteiger partial charge in [0.1, 0.15) is 0 Å². The number of rotatable bonds is 3. The van der Waals surface area contributed by atoms with E-state index in [0.717, 1.165) is 10.6 Å². The second kappa shape index (κ2) is 6.29. The van der Waals surface area contributed by atoms with E-state index in [1.807, 2.05) is 20.8 Å². The Kier molecular flexibility index (Phi) is 4.81. The predicted molar refractivity (Wildman–Crippen MR) is 91.5 cm³/mol. The number of hydrogen-bond acceptors (Lipinski definition) is 3. The van der Waals surface area contributed by atoms with E-state index in [-0.39, 0.29) is 11.7 Å². The Balaban J connectivity index is 2.25. The lowest BCUT2D eigenvalue weighted by Gasteiger charge is -2.20. The van der Waals surface area contributed by atoms with E-state index in [1.54, 1.807) is 11.0 Å². The number of benzene rings is 1. The van der Waals surface area contributed by atoms with Crippen LogP contribution in [0.4, 0.5) is 0 Å². The van der Waals surface area contributed by atoms with Gasteiger partial charge in [-0.3, -0.25) is 9.59 Å². The highest BCUT2D eigenvalue weighted by Crippen LogP contribution is 2.32. The standard InChI is InChI=1S/C18H23NO2S/c1-12-6-13(2)8-14(7-12)10-19-16(21)11-22-17(19)9-15(20)18(3,4)5/h6-9H,10-11H2,1-5H3/b17-9-. The Hall–Kier alpha value is -1.55. The van der Waals surface area contributed by atoms with Crippen molar-refractivity contribution >= 4 is 23.5 Å². The van der Waals surface area contributed by atoms with Crippen molar-refractivity contribution in [2.75, 3.05) is 5.75 Å². The molecule has 2 rings (SSSR count). The third kappa shape index (κ3) is 4.01. The first-order valence-electron chi connectivity index (χ1n) is 7.43. The number of carbonyl (C=O) groups excluding carboxylic acids is 2. The van der Waals surface area contributed by atoms with Gasteiger partial charge >= 0.3 is 0 Å². The molecule has 1 fully saturated rings. The summed E-state index contributed by atoms with van der Waals surface area (Å²) >= 11 is 1.45. The maximum Gasteiger partial charge on any atom is 0.238 e. The summed E-state index contributed by atoms with van der Waals surface area (Å²) in [7, 11) is 0. The van der Waals surface area contributed by atoms with Crippen LogP contribution in [0.1, 0.15) is 37.5 Å². The van der Waals surface area contributed by atoms with Gasteiger partial charge in [-0.2, -0.15) is 0 Å². The molecule has 0 spiro atoms. The molecule has 1 aromatic rings. The number of allylic oxidation sites excluding steroid dienone is 1. The molecule has 1 aliphatic rings. The molecular formula is C18H23NO2S. The van der Waals surface area contributed by atoms with E-state index in [0.29, 0.717) is 12.3 Å². The lowest BCUT2D eigenvalue weighted by Crippen LogP contribution is -2.26. The predicted octanol–water partition coefficient (Wildman–Crippen LogP) is 3.84. The first kappa shape index (κ1) is 16.8. The van der Waals surface area contributed by atoms with Gasteiger partial charge in [0.15, 0.2) is 5.78 Å². The van der Waals surface area contributed by atoms with Crippen molar-refractivity contribution < 1.29 is 9.59 Å². The van der Waals surface area contributed by atoms with Gasteiger partial charge in [-0.15, -0.1) is 0 Å². The van der Waals surface area contributed by atoms with Gasteiger partial charge < -0.3 is 4.90 Å². The minimum Gasteiger partial charge on any atom is -0.301 e. The summed E-state index contributed by atoms with van der Waals surface area (Å²) in [5.74, 6) is 0.529.